The van der Waals surface area contributed by atoms with Crippen molar-refractivity contribution in [2.24, 2.45) is 0 Å². The van der Waals surface area contributed by atoms with E-state index in [0.717, 1.165) is 6.20 Å². The molecule has 98 valence electrons. The minimum absolute atomic E-state index is 0.287. The van der Waals surface area contributed by atoms with Crippen molar-refractivity contribution < 1.29 is 19.1 Å². The fraction of sp³-hybridized carbons (Fsp3) is 0.0833. The van der Waals surface area contributed by atoms with Gasteiger partial charge in [-0.1, -0.05) is 0 Å². The molecular weight excluding hydrogens is 253 g/mol. The second-order valence-corrected chi connectivity index (χ2v) is 3.40. The van der Waals surface area contributed by atoms with Crippen LogP contribution in [0.25, 0.3) is 0 Å². The first kappa shape index (κ1) is 14.2. The molecule has 0 atom stereocenters. The van der Waals surface area contributed by atoms with Gasteiger partial charge >= 0.3 is 5.97 Å². The summed E-state index contributed by atoms with van der Waals surface area (Å²) in [5.41, 5.74) is 0.200. The highest BCUT2D eigenvalue weighted by atomic mass is 19.1. The van der Waals surface area contributed by atoms with E-state index >= 15 is 0 Å². The number of rotatable bonds is 5. The number of benzene rings is 1. The van der Waals surface area contributed by atoms with Gasteiger partial charge in [0, 0.05) is 11.9 Å². The molecule has 19 heavy (non-hydrogen) atoms. The van der Waals surface area contributed by atoms with Gasteiger partial charge in [0.15, 0.2) is 0 Å². The van der Waals surface area contributed by atoms with E-state index in [1.165, 1.54) is 24.3 Å². The number of anilines is 1. The van der Waals surface area contributed by atoms with Gasteiger partial charge in [-0.2, -0.15) is 5.26 Å². The van der Waals surface area contributed by atoms with Crippen LogP contribution in [0, 0.1) is 17.1 Å². The average molecular weight is 263 g/mol. The molecule has 0 heterocycles. The molecule has 6 nitrogen and oxygen atoms in total. The number of nitriles is 1. The molecule has 0 aromatic heterocycles. The van der Waals surface area contributed by atoms with E-state index in [9.17, 15) is 14.0 Å². The molecule has 0 saturated carbocycles. The van der Waals surface area contributed by atoms with Gasteiger partial charge in [0.1, 0.15) is 24.0 Å². The third-order valence-corrected chi connectivity index (χ3v) is 1.99. The monoisotopic (exact) mass is 263 g/mol. The topological polar surface area (TPSA) is 102 Å². The molecule has 0 aliphatic heterocycles. The lowest BCUT2D eigenvalue weighted by Crippen LogP contribution is -2.30. The smallest absolute Gasteiger partial charge is 0.322 e. The maximum Gasteiger partial charge on any atom is 0.322 e. The lowest BCUT2D eigenvalue weighted by Gasteiger charge is -2.03. The summed E-state index contributed by atoms with van der Waals surface area (Å²) in [6, 6.07) is 6.91. The van der Waals surface area contributed by atoms with Crippen molar-refractivity contribution in [1.29, 1.82) is 5.26 Å². The molecule has 0 bridgehead atoms. The number of nitrogens with one attached hydrogen (secondary N) is 2. The predicted octanol–water partition coefficient (Wildman–Crippen LogP) is 0.846. The minimum Gasteiger partial charge on any atom is -0.480 e. The Morgan fingerprint density at radius 1 is 1.37 bits per heavy atom. The maximum absolute atomic E-state index is 12.6. The van der Waals surface area contributed by atoms with Gasteiger partial charge in [0.2, 0.25) is 0 Å². The van der Waals surface area contributed by atoms with Crippen LogP contribution in [0.15, 0.2) is 36.0 Å². The number of carbonyl (C=O) groups excluding carboxylic acids is 1. The summed E-state index contributed by atoms with van der Waals surface area (Å²) >= 11 is 0. The zero-order valence-corrected chi connectivity index (χ0v) is 9.68. The van der Waals surface area contributed by atoms with Crippen LogP contribution in [0.3, 0.4) is 0 Å². The van der Waals surface area contributed by atoms with Crippen LogP contribution >= 0.6 is 0 Å². The van der Waals surface area contributed by atoms with Crippen LogP contribution in [0.4, 0.5) is 10.1 Å². The van der Waals surface area contributed by atoms with Crippen LogP contribution in [-0.2, 0) is 9.59 Å². The largest absolute Gasteiger partial charge is 0.480 e. The van der Waals surface area contributed by atoms with Crippen molar-refractivity contribution in [2.45, 2.75) is 0 Å². The molecule has 0 spiro atoms. The van der Waals surface area contributed by atoms with E-state index in [4.69, 9.17) is 10.4 Å². The Labute approximate surface area is 108 Å². The van der Waals surface area contributed by atoms with Crippen molar-refractivity contribution in [3.8, 4) is 6.07 Å². The molecule has 7 heteroatoms. The predicted molar refractivity (Wildman–Crippen MR) is 64.4 cm³/mol. The average Bonchev–Trinajstić information content (AvgIpc) is 2.39. The molecule has 0 saturated heterocycles. The van der Waals surface area contributed by atoms with Crippen molar-refractivity contribution in [2.75, 3.05) is 11.9 Å². The minimum atomic E-state index is -1.21. The maximum atomic E-state index is 12.6. The summed E-state index contributed by atoms with van der Waals surface area (Å²) in [5, 5.41) is 21.8. The van der Waals surface area contributed by atoms with Gasteiger partial charge in [-0.3, -0.25) is 9.59 Å². The third kappa shape index (κ3) is 4.87. The Morgan fingerprint density at radius 2 is 2.00 bits per heavy atom. The van der Waals surface area contributed by atoms with E-state index in [1.807, 2.05) is 5.32 Å². The Hall–Kier alpha value is -2.88. The van der Waals surface area contributed by atoms with Crippen LogP contribution in [-0.4, -0.2) is 23.5 Å². The number of aliphatic carboxylic acids is 1. The van der Waals surface area contributed by atoms with Crippen LogP contribution in [0.1, 0.15) is 0 Å². The number of amides is 1. The third-order valence-electron chi connectivity index (χ3n) is 1.99. The zero-order chi connectivity index (χ0) is 14.3. The number of halogens is 1. The first-order valence-corrected chi connectivity index (χ1v) is 5.15. The summed E-state index contributed by atoms with van der Waals surface area (Å²) in [5.74, 6) is -2.43. The van der Waals surface area contributed by atoms with Crippen molar-refractivity contribution >= 4 is 17.6 Å². The van der Waals surface area contributed by atoms with E-state index in [1.54, 1.807) is 6.07 Å². The molecule has 0 fully saturated rings. The molecule has 1 amide bonds. The van der Waals surface area contributed by atoms with Gasteiger partial charge in [0.05, 0.1) is 0 Å². The first-order chi connectivity index (χ1) is 9.02. The lowest BCUT2D eigenvalue weighted by atomic mass is 10.2. The SMILES string of the molecule is N#C/C(=C/Nc1ccc(F)cc1)C(=O)NCC(=O)O. The number of carboxylic acids is 1. The Bertz CT molecular complexity index is 546. The quantitative estimate of drug-likeness (QED) is 0.539. The Balaban J connectivity index is 2.66. The molecule has 1 rings (SSSR count). The summed E-state index contributed by atoms with van der Waals surface area (Å²) < 4.78 is 12.6. The zero-order valence-electron chi connectivity index (χ0n) is 9.68. The van der Waals surface area contributed by atoms with E-state index in [2.05, 4.69) is 5.32 Å². The number of carboxylic acid groups (broad SMARTS) is 1. The summed E-state index contributed by atoms with van der Waals surface area (Å²) in [7, 11) is 0. The molecule has 0 radical (unpaired) electrons. The molecule has 0 aliphatic rings. The lowest BCUT2D eigenvalue weighted by molar-refractivity contribution is -0.137. The van der Waals surface area contributed by atoms with Crippen molar-refractivity contribution in [3.05, 3.63) is 41.9 Å². The van der Waals surface area contributed by atoms with E-state index in [-0.39, 0.29) is 5.57 Å². The highest BCUT2D eigenvalue weighted by Gasteiger charge is 2.09. The molecule has 1 aromatic carbocycles. The molecule has 0 unspecified atom stereocenters. The molecular formula is C12H10FN3O3. The Kier molecular flexibility index (Phi) is 5.04. The number of hydrogen-bond donors (Lipinski definition) is 3. The highest BCUT2D eigenvalue weighted by molar-refractivity contribution is 5.98. The summed E-state index contributed by atoms with van der Waals surface area (Å²) in [6.45, 7) is -0.575. The standard InChI is InChI=1S/C12H10FN3O3/c13-9-1-3-10(4-2-9)15-6-8(5-14)12(19)16-7-11(17)18/h1-4,6,15H,7H2,(H,16,19)(H,17,18)/b8-6-. The van der Waals surface area contributed by atoms with Crippen molar-refractivity contribution in [3.63, 3.8) is 0 Å². The Morgan fingerprint density at radius 3 is 2.53 bits per heavy atom. The van der Waals surface area contributed by atoms with Gasteiger partial charge in [-0.15, -0.1) is 0 Å². The number of hydrogen-bond acceptors (Lipinski definition) is 4. The molecule has 1 aromatic rings. The second-order valence-electron chi connectivity index (χ2n) is 3.40. The number of nitrogens with zero attached hydrogens (tertiary/aromatic N) is 1. The van der Waals surface area contributed by atoms with Crippen LogP contribution < -0.4 is 10.6 Å². The van der Waals surface area contributed by atoms with Gasteiger partial charge in [-0.25, -0.2) is 4.39 Å². The van der Waals surface area contributed by atoms with E-state index in [0.29, 0.717) is 5.69 Å². The fourth-order valence-corrected chi connectivity index (χ4v) is 1.10. The van der Waals surface area contributed by atoms with Crippen molar-refractivity contribution in [1.82, 2.24) is 5.32 Å². The molecule has 0 aliphatic carbocycles. The summed E-state index contributed by atoms with van der Waals surface area (Å²) in [4.78, 5) is 21.6. The fourth-order valence-electron chi connectivity index (χ4n) is 1.10. The molecule has 3 N–H and O–H groups in total. The normalized spacial score (nSPS) is 10.4. The van der Waals surface area contributed by atoms with E-state index < -0.39 is 24.2 Å². The van der Waals surface area contributed by atoms with Gasteiger partial charge < -0.3 is 15.7 Å². The van der Waals surface area contributed by atoms with Crippen LogP contribution in [0.2, 0.25) is 0 Å². The highest BCUT2D eigenvalue weighted by Crippen LogP contribution is 2.08. The van der Waals surface area contributed by atoms with Gasteiger partial charge in [-0.05, 0) is 24.3 Å². The second kappa shape index (κ2) is 6.76. The van der Waals surface area contributed by atoms with Gasteiger partial charge in [0.25, 0.3) is 5.91 Å². The van der Waals surface area contributed by atoms with Crippen LogP contribution in [0.5, 0.6) is 0 Å². The number of carbonyl (C=O) groups is 2. The first-order valence-electron chi connectivity index (χ1n) is 5.15. The summed E-state index contributed by atoms with van der Waals surface area (Å²) in [6.07, 6.45) is 1.12.